The van der Waals surface area contributed by atoms with Crippen LogP contribution in [0.15, 0.2) is 24.8 Å². The Kier molecular flexibility index (Phi) is 26.1. The number of hydrogen-bond acceptors (Lipinski definition) is 14. The molecule has 0 atom stereocenters. The van der Waals surface area contributed by atoms with Crippen molar-refractivity contribution in [3.8, 4) is 12.1 Å². The molecule has 0 aliphatic carbocycles. The Hall–Kier alpha value is -6.17. The number of carbonyl (C=O) groups is 2. The van der Waals surface area contributed by atoms with Crippen molar-refractivity contribution in [2.75, 3.05) is 22.9 Å². The molecule has 4 rings (SSSR count). The molecule has 0 aromatic carbocycles. The summed E-state index contributed by atoms with van der Waals surface area (Å²) in [4.78, 5) is 21.7. The highest BCUT2D eigenvalue weighted by Crippen LogP contribution is 2.13. The molecular weight excluding hydrogens is 785 g/mol. The molecule has 0 aliphatic heterocycles. The summed E-state index contributed by atoms with van der Waals surface area (Å²) in [5, 5.41) is 33.3. The highest BCUT2D eigenvalue weighted by atomic mass is 32.3. The molecule has 0 spiro atoms. The number of unbranched alkanes of at least 4 members (excludes halogenated alkanes) is 8. The second-order valence-electron chi connectivity index (χ2n) is 12.9. The molecule has 2 amide bonds. The molecule has 328 valence electrons. The Labute approximate surface area is 346 Å². The van der Waals surface area contributed by atoms with Crippen LogP contribution in [0.5, 0.6) is 0 Å². The van der Waals surface area contributed by atoms with Crippen LogP contribution in [0, 0.1) is 22.7 Å². The van der Waals surface area contributed by atoms with Crippen LogP contribution in [0.25, 0.3) is 0 Å². The molecule has 0 unspecified atom stereocenters. The summed E-state index contributed by atoms with van der Waals surface area (Å²) in [6.07, 6.45) is 19.7. The summed E-state index contributed by atoms with van der Waals surface area (Å²) in [5.74, 6) is 0.355. The summed E-state index contributed by atoms with van der Waals surface area (Å²) in [7, 11) is -4.67. The molecular formula is C36H62N16O6S. The first kappa shape index (κ1) is 52.8. The van der Waals surface area contributed by atoms with E-state index in [0.717, 1.165) is 77.5 Å². The predicted molar refractivity (Wildman–Crippen MR) is 225 cm³/mol. The number of nitrogen functional groups attached to an aromatic ring is 4. The minimum absolute atomic E-state index is 0.217. The Balaban J connectivity index is 0.000000732. The van der Waals surface area contributed by atoms with Crippen molar-refractivity contribution in [2.24, 2.45) is 11.5 Å². The van der Waals surface area contributed by atoms with E-state index < -0.39 is 22.2 Å². The van der Waals surface area contributed by atoms with E-state index in [1.54, 1.807) is 31.1 Å². The number of hydrogen-bond donors (Lipinski definition) is 8. The molecule has 4 aromatic rings. The monoisotopic (exact) mass is 846 g/mol. The SMILES string of the molecule is CCCCCn1cc(C#N)c(N)n1.CCCCCn1cc(C(N)=O)c(N)n1.CCCCCn1ncc(C#N)c1N.CCCCCn1ncc(C(N)=O)c1N.O=S(=O)(O)O. The van der Waals surface area contributed by atoms with Gasteiger partial charge in [0.05, 0.1) is 12.4 Å². The fourth-order valence-corrected chi connectivity index (χ4v) is 4.87. The third-order valence-electron chi connectivity index (χ3n) is 8.04. The maximum absolute atomic E-state index is 10.9. The molecule has 0 radical (unpaired) electrons. The van der Waals surface area contributed by atoms with Crippen molar-refractivity contribution >= 4 is 45.5 Å². The minimum Gasteiger partial charge on any atom is -0.383 e. The van der Waals surface area contributed by atoms with E-state index in [9.17, 15) is 9.59 Å². The van der Waals surface area contributed by atoms with E-state index in [4.69, 9.17) is 62.4 Å². The number of nitrogens with zero attached hydrogens (tertiary/aromatic N) is 10. The van der Waals surface area contributed by atoms with Gasteiger partial charge in [-0.15, -0.1) is 0 Å². The normalized spacial score (nSPS) is 10.2. The Bertz CT molecular complexity index is 1990. The van der Waals surface area contributed by atoms with Crippen LogP contribution in [-0.2, 0) is 36.6 Å². The number of carbonyl (C=O) groups excluding carboxylic acids is 2. The van der Waals surface area contributed by atoms with Crippen molar-refractivity contribution < 1.29 is 27.1 Å². The highest BCUT2D eigenvalue weighted by molar-refractivity contribution is 7.79. The van der Waals surface area contributed by atoms with E-state index in [1.165, 1.54) is 38.1 Å². The van der Waals surface area contributed by atoms with E-state index in [0.29, 0.717) is 39.7 Å². The van der Waals surface area contributed by atoms with Crippen molar-refractivity contribution in [2.45, 2.75) is 131 Å². The summed E-state index contributed by atoms with van der Waals surface area (Å²) in [6, 6.07) is 4.00. The zero-order chi connectivity index (χ0) is 45.0. The number of primary amides is 2. The van der Waals surface area contributed by atoms with Gasteiger partial charge in [-0.3, -0.25) is 28.1 Å². The van der Waals surface area contributed by atoms with Gasteiger partial charge in [-0.2, -0.15) is 39.3 Å². The maximum atomic E-state index is 10.9. The van der Waals surface area contributed by atoms with Crippen LogP contribution in [0.3, 0.4) is 0 Å². The van der Waals surface area contributed by atoms with Gasteiger partial charge in [0.2, 0.25) is 0 Å². The smallest absolute Gasteiger partial charge is 0.383 e. The Morgan fingerprint density at radius 1 is 0.610 bits per heavy atom. The summed E-state index contributed by atoms with van der Waals surface area (Å²) in [5.41, 5.74) is 34.1. The number of nitriles is 2. The summed E-state index contributed by atoms with van der Waals surface area (Å²) >= 11 is 0. The van der Waals surface area contributed by atoms with Gasteiger partial charge < -0.3 is 34.4 Å². The van der Waals surface area contributed by atoms with E-state index in [2.05, 4.69) is 48.1 Å². The van der Waals surface area contributed by atoms with Crippen molar-refractivity contribution in [3.63, 3.8) is 0 Å². The van der Waals surface area contributed by atoms with Gasteiger partial charge in [-0.1, -0.05) is 79.1 Å². The van der Waals surface area contributed by atoms with E-state index in [1.807, 2.05) is 12.1 Å². The van der Waals surface area contributed by atoms with Crippen LogP contribution < -0.4 is 34.4 Å². The molecule has 0 bridgehead atoms. The zero-order valence-electron chi connectivity index (χ0n) is 34.5. The van der Waals surface area contributed by atoms with Crippen LogP contribution >= 0.6 is 0 Å². The lowest BCUT2D eigenvalue weighted by atomic mass is 10.2. The molecule has 14 N–H and O–H groups in total. The number of aromatic nitrogens is 8. The van der Waals surface area contributed by atoms with E-state index in [-0.39, 0.29) is 5.82 Å². The van der Waals surface area contributed by atoms with E-state index >= 15 is 0 Å². The van der Waals surface area contributed by atoms with Gasteiger partial charge in [-0.05, 0) is 25.7 Å². The summed E-state index contributed by atoms with van der Waals surface area (Å²) < 4.78 is 38.3. The fourth-order valence-electron chi connectivity index (χ4n) is 4.87. The Morgan fingerprint density at radius 2 is 1.00 bits per heavy atom. The molecule has 0 aliphatic rings. The quantitative estimate of drug-likeness (QED) is 0.0519. The molecule has 59 heavy (non-hydrogen) atoms. The minimum atomic E-state index is -4.67. The maximum Gasteiger partial charge on any atom is 0.394 e. The first-order chi connectivity index (χ1) is 27.9. The zero-order valence-corrected chi connectivity index (χ0v) is 35.3. The summed E-state index contributed by atoms with van der Waals surface area (Å²) in [6.45, 7) is 11.7. The van der Waals surface area contributed by atoms with Crippen LogP contribution in [0.1, 0.15) is 137 Å². The lowest BCUT2D eigenvalue weighted by Crippen LogP contribution is -2.13. The number of nitrogens with two attached hydrogens (primary N) is 6. The topological polar surface area (TPSA) is 384 Å². The van der Waals surface area contributed by atoms with Gasteiger partial charge in [0.15, 0.2) is 11.6 Å². The van der Waals surface area contributed by atoms with Crippen LogP contribution in [-0.4, -0.2) is 68.5 Å². The molecule has 23 heteroatoms. The van der Waals surface area contributed by atoms with Crippen molar-refractivity contribution in [1.82, 2.24) is 39.1 Å². The lowest BCUT2D eigenvalue weighted by Gasteiger charge is -2.03. The first-order valence-electron chi connectivity index (χ1n) is 19.3. The number of rotatable bonds is 18. The molecule has 0 fully saturated rings. The number of amides is 2. The predicted octanol–water partition coefficient (Wildman–Crippen LogP) is 3.91. The van der Waals surface area contributed by atoms with Crippen molar-refractivity contribution in [1.29, 1.82) is 10.5 Å². The molecule has 22 nitrogen and oxygen atoms in total. The molecule has 0 saturated heterocycles. The third kappa shape index (κ3) is 22.4. The third-order valence-corrected chi connectivity index (χ3v) is 8.04. The first-order valence-corrected chi connectivity index (χ1v) is 20.7. The van der Waals surface area contributed by atoms with Gasteiger partial charge >= 0.3 is 10.4 Å². The lowest BCUT2D eigenvalue weighted by molar-refractivity contribution is 0.0992. The van der Waals surface area contributed by atoms with Gasteiger partial charge in [-0.25, -0.2) is 9.36 Å². The van der Waals surface area contributed by atoms with Gasteiger partial charge in [0, 0.05) is 38.6 Å². The fraction of sp³-hybridized carbons (Fsp3) is 0.556. The standard InChI is InChI=1S/2C9H16N4O.2C9H14N4.H2O4S/c1-2-3-4-5-13-6-7(9(11)14)8(10)12-13;1-2-3-4-5-13-8(10)7(6-12-13)9(11)14;1-2-3-4-5-13-7-8(6-10)9(11)12-13;1-2-3-4-5-13-9(11)8(6-10)7-12-13;1-5(2,3)4/h6H,2-5H2,1H3,(H2,10,12)(H2,11,14);6H,2-5,10H2,1H3,(H2,11,14);7H,2-5H2,1H3,(H2,11,12);7H,2-5,11H2,1H3;(H2,1,2,3,4). The van der Waals surface area contributed by atoms with Gasteiger partial charge in [0.1, 0.15) is 46.0 Å². The van der Waals surface area contributed by atoms with Crippen LogP contribution in [0.2, 0.25) is 0 Å². The average Bonchev–Trinajstić information content (AvgIpc) is 3.94. The molecule has 0 saturated carbocycles. The second-order valence-corrected chi connectivity index (χ2v) is 13.8. The second kappa shape index (κ2) is 29.1. The highest BCUT2D eigenvalue weighted by Gasteiger charge is 2.12. The average molecular weight is 847 g/mol. The van der Waals surface area contributed by atoms with Crippen molar-refractivity contribution in [3.05, 3.63) is 47.0 Å². The largest absolute Gasteiger partial charge is 0.394 e. The Morgan fingerprint density at radius 3 is 1.36 bits per heavy atom. The number of aryl methyl sites for hydroxylation is 4. The number of anilines is 4. The van der Waals surface area contributed by atoms with Gasteiger partial charge in [0.25, 0.3) is 11.8 Å². The van der Waals surface area contributed by atoms with Crippen LogP contribution in [0.4, 0.5) is 23.3 Å². The molecule has 4 heterocycles. The molecule has 4 aromatic heterocycles.